The number of H-pyrrole nitrogens is 1. The van der Waals surface area contributed by atoms with Crippen molar-refractivity contribution in [1.29, 1.82) is 0 Å². The first-order chi connectivity index (χ1) is 10.4. The SMILES string of the molecule is CC(C)(C)NC(=O)CCN1CC(c2nc3ccccc3[nH]2)C1. The molecule has 2 N–H and O–H groups in total. The normalized spacial score (nSPS) is 16.7. The highest BCUT2D eigenvalue weighted by Crippen LogP contribution is 2.26. The molecule has 0 bridgehead atoms. The summed E-state index contributed by atoms with van der Waals surface area (Å²) in [6.45, 7) is 8.79. The first-order valence-corrected chi connectivity index (χ1v) is 7.89. The number of carbonyl (C=O) groups excluding carboxylic acids is 1. The van der Waals surface area contributed by atoms with Crippen LogP contribution < -0.4 is 5.32 Å². The Labute approximate surface area is 131 Å². The van der Waals surface area contributed by atoms with Crippen LogP contribution in [0.3, 0.4) is 0 Å². The number of aromatic amines is 1. The van der Waals surface area contributed by atoms with E-state index < -0.39 is 0 Å². The Bertz CT molecular complexity index is 632. The van der Waals surface area contributed by atoms with Crippen LogP contribution in [0.15, 0.2) is 24.3 Å². The van der Waals surface area contributed by atoms with Crippen molar-refractivity contribution >= 4 is 16.9 Å². The minimum absolute atomic E-state index is 0.125. The molecule has 0 unspecified atom stereocenters. The molecule has 3 rings (SSSR count). The minimum atomic E-state index is -0.150. The van der Waals surface area contributed by atoms with E-state index in [4.69, 9.17) is 0 Å². The summed E-state index contributed by atoms with van der Waals surface area (Å²) in [5.74, 6) is 1.65. The fourth-order valence-corrected chi connectivity index (χ4v) is 2.83. The summed E-state index contributed by atoms with van der Waals surface area (Å²) >= 11 is 0. The van der Waals surface area contributed by atoms with Gasteiger partial charge in [-0.25, -0.2) is 4.98 Å². The second-order valence-corrected chi connectivity index (χ2v) is 7.14. The van der Waals surface area contributed by atoms with Crippen LogP contribution in [0.4, 0.5) is 0 Å². The molecule has 118 valence electrons. The van der Waals surface area contributed by atoms with Gasteiger partial charge in [-0.2, -0.15) is 0 Å². The van der Waals surface area contributed by atoms with Gasteiger partial charge in [-0.15, -0.1) is 0 Å². The Hall–Kier alpha value is -1.88. The predicted octanol–water partition coefficient (Wildman–Crippen LogP) is 2.27. The number of fused-ring (bicyclic) bond motifs is 1. The lowest BCUT2D eigenvalue weighted by Gasteiger charge is -2.38. The number of para-hydroxylation sites is 2. The summed E-state index contributed by atoms with van der Waals surface area (Å²) in [4.78, 5) is 22.2. The molecule has 1 saturated heterocycles. The quantitative estimate of drug-likeness (QED) is 0.910. The van der Waals surface area contributed by atoms with Crippen LogP contribution in [0.1, 0.15) is 38.9 Å². The highest BCUT2D eigenvalue weighted by molar-refractivity contribution is 5.77. The van der Waals surface area contributed by atoms with E-state index in [0.717, 1.165) is 36.5 Å². The van der Waals surface area contributed by atoms with Crippen molar-refractivity contribution in [1.82, 2.24) is 20.2 Å². The average Bonchev–Trinajstić information content (AvgIpc) is 2.77. The number of likely N-dealkylation sites (tertiary alicyclic amines) is 1. The third kappa shape index (κ3) is 3.47. The number of benzene rings is 1. The highest BCUT2D eigenvalue weighted by Gasteiger charge is 2.30. The number of aromatic nitrogens is 2. The lowest BCUT2D eigenvalue weighted by molar-refractivity contribution is -0.123. The van der Waals surface area contributed by atoms with Gasteiger partial charge in [0.15, 0.2) is 0 Å². The molecule has 0 radical (unpaired) electrons. The molecule has 5 nitrogen and oxygen atoms in total. The molecule has 2 aromatic rings. The monoisotopic (exact) mass is 300 g/mol. The van der Waals surface area contributed by atoms with E-state index in [1.54, 1.807) is 0 Å². The summed E-state index contributed by atoms with van der Waals surface area (Å²) in [6, 6.07) is 8.11. The van der Waals surface area contributed by atoms with E-state index in [-0.39, 0.29) is 11.4 Å². The van der Waals surface area contributed by atoms with E-state index in [2.05, 4.69) is 26.3 Å². The van der Waals surface area contributed by atoms with Gasteiger partial charge in [-0.1, -0.05) is 12.1 Å². The largest absolute Gasteiger partial charge is 0.351 e. The maximum Gasteiger partial charge on any atom is 0.221 e. The van der Waals surface area contributed by atoms with Crippen LogP contribution in [-0.2, 0) is 4.79 Å². The number of imidazole rings is 1. The lowest BCUT2D eigenvalue weighted by Crippen LogP contribution is -2.48. The van der Waals surface area contributed by atoms with Crippen molar-refractivity contribution < 1.29 is 4.79 Å². The van der Waals surface area contributed by atoms with Gasteiger partial charge >= 0.3 is 0 Å². The number of nitrogens with one attached hydrogen (secondary N) is 2. The van der Waals surface area contributed by atoms with Crippen molar-refractivity contribution in [3.8, 4) is 0 Å². The average molecular weight is 300 g/mol. The maximum atomic E-state index is 11.8. The summed E-state index contributed by atoms with van der Waals surface area (Å²) < 4.78 is 0. The van der Waals surface area contributed by atoms with Gasteiger partial charge in [0.05, 0.1) is 11.0 Å². The predicted molar refractivity (Wildman–Crippen MR) is 87.8 cm³/mol. The Morgan fingerprint density at radius 1 is 1.36 bits per heavy atom. The van der Waals surface area contributed by atoms with Gasteiger partial charge in [-0.05, 0) is 32.9 Å². The van der Waals surface area contributed by atoms with Gasteiger partial charge in [-0.3, -0.25) is 4.79 Å². The molecule has 1 aromatic heterocycles. The molecule has 22 heavy (non-hydrogen) atoms. The van der Waals surface area contributed by atoms with Crippen LogP contribution in [0, 0.1) is 0 Å². The second-order valence-electron chi connectivity index (χ2n) is 7.14. The first kappa shape index (κ1) is 15.0. The Morgan fingerprint density at radius 3 is 2.77 bits per heavy atom. The Kier molecular flexibility index (Phi) is 3.91. The van der Waals surface area contributed by atoms with Crippen molar-refractivity contribution in [2.75, 3.05) is 19.6 Å². The lowest BCUT2D eigenvalue weighted by atomic mass is 9.99. The van der Waals surface area contributed by atoms with Crippen LogP contribution >= 0.6 is 0 Å². The van der Waals surface area contributed by atoms with E-state index in [1.807, 2.05) is 39.0 Å². The van der Waals surface area contributed by atoms with E-state index in [9.17, 15) is 4.79 Å². The highest BCUT2D eigenvalue weighted by atomic mass is 16.1. The zero-order valence-corrected chi connectivity index (χ0v) is 13.5. The molecule has 0 atom stereocenters. The molecular formula is C17H24N4O. The number of nitrogens with zero attached hydrogens (tertiary/aromatic N) is 2. The molecule has 1 aliphatic rings. The van der Waals surface area contributed by atoms with Crippen LogP contribution in [0.5, 0.6) is 0 Å². The number of rotatable bonds is 4. The number of hydrogen-bond donors (Lipinski definition) is 2. The molecule has 1 aromatic carbocycles. The van der Waals surface area contributed by atoms with E-state index in [0.29, 0.717) is 12.3 Å². The van der Waals surface area contributed by atoms with E-state index >= 15 is 0 Å². The van der Waals surface area contributed by atoms with Gasteiger partial charge in [0.2, 0.25) is 5.91 Å². The number of carbonyl (C=O) groups is 1. The molecule has 2 heterocycles. The van der Waals surface area contributed by atoms with Gasteiger partial charge in [0.25, 0.3) is 0 Å². The van der Waals surface area contributed by atoms with Crippen molar-refractivity contribution in [2.45, 2.75) is 38.6 Å². The van der Waals surface area contributed by atoms with Gasteiger partial charge < -0.3 is 15.2 Å². The maximum absolute atomic E-state index is 11.8. The molecule has 1 amide bonds. The molecular weight excluding hydrogens is 276 g/mol. The summed E-state index contributed by atoms with van der Waals surface area (Å²) in [5.41, 5.74) is 1.98. The summed E-state index contributed by atoms with van der Waals surface area (Å²) in [7, 11) is 0. The van der Waals surface area contributed by atoms with E-state index in [1.165, 1.54) is 0 Å². The minimum Gasteiger partial charge on any atom is -0.351 e. The molecule has 5 heteroatoms. The molecule has 0 aliphatic carbocycles. The molecule has 1 fully saturated rings. The topological polar surface area (TPSA) is 61.0 Å². The molecule has 0 saturated carbocycles. The number of hydrogen-bond acceptors (Lipinski definition) is 3. The summed E-state index contributed by atoms with van der Waals surface area (Å²) in [6.07, 6.45) is 0.560. The zero-order chi connectivity index (χ0) is 15.7. The fourth-order valence-electron chi connectivity index (χ4n) is 2.83. The van der Waals surface area contributed by atoms with Crippen molar-refractivity contribution in [2.24, 2.45) is 0 Å². The van der Waals surface area contributed by atoms with Crippen LogP contribution in [0.2, 0.25) is 0 Å². The van der Waals surface area contributed by atoms with Crippen LogP contribution in [0.25, 0.3) is 11.0 Å². The Balaban J connectivity index is 1.47. The fraction of sp³-hybridized carbons (Fsp3) is 0.529. The zero-order valence-electron chi connectivity index (χ0n) is 13.5. The van der Waals surface area contributed by atoms with Gasteiger partial charge in [0.1, 0.15) is 5.82 Å². The molecule has 1 aliphatic heterocycles. The van der Waals surface area contributed by atoms with Crippen LogP contribution in [-0.4, -0.2) is 45.9 Å². The van der Waals surface area contributed by atoms with Crippen molar-refractivity contribution in [3.05, 3.63) is 30.1 Å². The molecule has 0 spiro atoms. The Morgan fingerprint density at radius 2 is 2.09 bits per heavy atom. The second kappa shape index (κ2) is 5.72. The third-order valence-corrected chi connectivity index (χ3v) is 3.92. The first-order valence-electron chi connectivity index (χ1n) is 7.89. The smallest absolute Gasteiger partial charge is 0.221 e. The standard InChI is InChI=1S/C17H24N4O/c1-17(2,3)20-15(22)8-9-21-10-12(11-21)16-18-13-6-4-5-7-14(13)19-16/h4-7,12H,8-11H2,1-3H3,(H,18,19)(H,20,22). The third-order valence-electron chi connectivity index (χ3n) is 3.92. The van der Waals surface area contributed by atoms with Gasteiger partial charge in [0, 0.05) is 37.5 Å². The van der Waals surface area contributed by atoms with Crippen molar-refractivity contribution in [3.63, 3.8) is 0 Å². The number of amides is 1. The summed E-state index contributed by atoms with van der Waals surface area (Å²) in [5, 5.41) is 3.00.